The highest BCUT2D eigenvalue weighted by Gasteiger charge is 2.32. The lowest BCUT2D eigenvalue weighted by molar-refractivity contribution is -0.137. The van der Waals surface area contributed by atoms with Crippen molar-refractivity contribution in [1.29, 1.82) is 0 Å². The Morgan fingerprint density at radius 1 is 1.07 bits per heavy atom. The third kappa shape index (κ3) is 3.84. The van der Waals surface area contributed by atoms with Gasteiger partial charge in [-0.05, 0) is 37.6 Å². The Bertz CT molecular complexity index is 846. The summed E-state index contributed by atoms with van der Waals surface area (Å²) >= 11 is 0. The van der Waals surface area contributed by atoms with Crippen LogP contribution in [-0.2, 0) is 11.0 Å². The molecule has 1 aliphatic heterocycles. The highest BCUT2D eigenvalue weighted by Crippen LogP contribution is 2.31. The van der Waals surface area contributed by atoms with Gasteiger partial charge in [0.2, 0.25) is 0 Å². The van der Waals surface area contributed by atoms with Gasteiger partial charge >= 0.3 is 6.18 Å². The number of rotatable bonds is 3. The minimum absolute atomic E-state index is 0.281. The van der Waals surface area contributed by atoms with Crippen LogP contribution in [-0.4, -0.2) is 47.8 Å². The van der Waals surface area contributed by atoms with E-state index in [0.29, 0.717) is 35.6 Å². The average molecular weight is 379 g/mol. The first-order chi connectivity index (χ1) is 12.7. The summed E-state index contributed by atoms with van der Waals surface area (Å²) in [6.45, 7) is 4.79. The lowest BCUT2D eigenvalue weighted by atomic mass is 10.1. The van der Waals surface area contributed by atoms with Crippen LogP contribution in [0.25, 0.3) is 0 Å². The zero-order valence-electron chi connectivity index (χ0n) is 15.1. The van der Waals surface area contributed by atoms with Gasteiger partial charge in [0.25, 0.3) is 11.7 Å². The molecule has 144 valence electrons. The molecule has 0 radical (unpaired) electrons. The predicted molar refractivity (Wildman–Crippen MR) is 94.8 cm³/mol. The number of benzene rings is 1. The number of Topliss-reactive ketones (excluding diaryl/α,β-unsaturated/α-hetero) is 1. The molecule has 1 N–H and O–H groups in total. The van der Waals surface area contributed by atoms with E-state index in [1.54, 1.807) is 31.0 Å². The molecule has 3 rings (SSSR count). The monoisotopic (exact) mass is 379 g/mol. The molecule has 8 heteroatoms. The average Bonchev–Trinajstić information content (AvgIpc) is 2.98. The molecule has 0 saturated carbocycles. The number of piperazine rings is 1. The number of hydrogen-bond donors (Lipinski definition) is 1. The van der Waals surface area contributed by atoms with E-state index >= 15 is 0 Å². The Morgan fingerprint density at radius 2 is 1.74 bits per heavy atom. The van der Waals surface area contributed by atoms with Crippen LogP contribution in [0.5, 0.6) is 0 Å². The van der Waals surface area contributed by atoms with Gasteiger partial charge in [-0.1, -0.05) is 6.07 Å². The molecule has 1 saturated heterocycles. The fraction of sp³-hybridized carbons (Fsp3) is 0.368. The summed E-state index contributed by atoms with van der Waals surface area (Å²) < 4.78 is 38.6. The van der Waals surface area contributed by atoms with Crippen molar-refractivity contribution in [3.8, 4) is 0 Å². The molecule has 0 bridgehead atoms. The number of H-pyrrole nitrogens is 1. The number of nitrogens with one attached hydrogen (secondary N) is 1. The normalized spacial score (nSPS) is 15.1. The quantitative estimate of drug-likeness (QED) is 0.658. The number of aromatic nitrogens is 1. The summed E-state index contributed by atoms with van der Waals surface area (Å²) in [5, 5.41) is 0. The Hall–Kier alpha value is -2.77. The first-order valence-corrected chi connectivity index (χ1v) is 8.59. The summed E-state index contributed by atoms with van der Waals surface area (Å²) in [4.78, 5) is 31.2. The molecule has 5 nitrogen and oxygen atoms in total. The van der Waals surface area contributed by atoms with Crippen LogP contribution < -0.4 is 4.90 Å². The summed E-state index contributed by atoms with van der Waals surface area (Å²) in [6, 6.07) is 5.12. The number of carbonyl (C=O) groups excluding carboxylic acids is 2. The second-order valence-electron chi connectivity index (χ2n) is 6.63. The molecule has 1 amide bonds. The van der Waals surface area contributed by atoms with E-state index in [1.165, 1.54) is 11.0 Å². The van der Waals surface area contributed by atoms with Gasteiger partial charge in [-0.3, -0.25) is 9.59 Å². The predicted octanol–water partition coefficient (Wildman–Crippen LogP) is 3.18. The molecule has 0 aliphatic carbocycles. The third-order valence-corrected chi connectivity index (χ3v) is 4.80. The van der Waals surface area contributed by atoms with E-state index in [2.05, 4.69) is 4.98 Å². The first kappa shape index (κ1) is 19.0. The highest BCUT2D eigenvalue weighted by atomic mass is 19.4. The fourth-order valence-corrected chi connectivity index (χ4v) is 3.30. The number of alkyl halides is 3. The molecule has 0 unspecified atom stereocenters. The van der Waals surface area contributed by atoms with E-state index in [1.807, 2.05) is 0 Å². The van der Waals surface area contributed by atoms with Crippen molar-refractivity contribution < 1.29 is 22.8 Å². The minimum Gasteiger partial charge on any atom is -0.368 e. The van der Waals surface area contributed by atoms with Crippen LogP contribution in [0, 0.1) is 13.8 Å². The van der Waals surface area contributed by atoms with Gasteiger partial charge in [0.05, 0.1) is 11.1 Å². The Morgan fingerprint density at radius 3 is 2.30 bits per heavy atom. The summed E-state index contributed by atoms with van der Waals surface area (Å²) in [5.41, 5.74) is 1.51. The van der Waals surface area contributed by atoms with Crippen molar-refractivity contribution in [3.63, 3.8) is 0 Å². The van der Waals surface area contributed by atoms with Gasteiger partial charge in [-0.2, -0.15) is 13.2 Å². The number of halogens is 3. The first-order valence-electron chi connectivity index (χ1n) is 8.59. The van der Waals surface area contributed by atoms with Crippen molar-refractivity contribution >= 4 is 17.4 Å². The van der Waals surface area contributed by atoms with Crippen LogP contribution in [0.4, 0.5) is 18.9 Å². The zero-order chi connectivity index (χ0) is 19.8. The number of aryl methyl sites for hydroxylation is 2. The molecule has 2 aromatic rings. The van der Waals surface area contributed by atoms with Crippen LogP contribution in [0.1, 0.15) is 27.2 Å². The van der Waals surface area contributed by atoms with Crippen LogP contribution in [0.2, 0.25) is 0 Å². The van der Waals surface area contributed by atoms with Crippen LogP contribution in [0.15, 0.2) is 30.5 Å². The van der Waals surface area contributed by atoms with Gasteiger partial charge in [0, 0.05) is 43.8 Å². The minimum atomic E-state index is -4.40. The summed E-state index contributed by atoms with van der Waals surface area (Å²) in [7, 11) is 0. The molecule has 27 heavy (non-hydrogen) atoms. The number of carbonyl (C=O) groups is 2. The standard InChI is InChI=1S/C19H20F3N3O2/c1-12-11-23-13(2)16(12)17(26)18(27)25-8-6-24(7-9-25)15-5-3-4-14(10-15)19(20,21)22/h3-5,10-11,23H,6-9H2,1-2H3. The molecule has 1 aromatic carbocycles. The molecule has 0 spiro atoms. The topological polar surface area (TPSA) is 56.4 Å². The molecule has 1 fully saturated rings. The van der Waals surface area contributed by atoms with E-state index in [9.17, 15) is 22.8 Å². The molecule has 1 aromatic heterocycles. The van der Waals surface area contributed by atoms with Crippen LogP contribution >= 0.6 is 0 Å². The van der Waals surface area contributed by atoms with Gasteiger partial charge < -0.3 is 14.8 Å². The SMILES string of the molecule is Cc1c[nH]c(C)c1C(=O)C(=O)N1CCN(c2cccc(C(F)(F)F)c2)CC1. The largest absolute Gasteiger partial charge is 0.416 e. The fourth-order valence-electron chi connectivity index (χ4n) is 3.30. The molecule has 1 aliphatic rings. The van der Waals surface area contributed by atoms with Crippen molar-refractivity contribution in [2.75, 3.05) is 31.1 Å². The maximum absolute atomic E-state index is 12.9. The van der Waals surface area contributed by atoms with Gasteiger partial charge in [0.15, 0.2) is 0 Å². The number of anilines is 1. The Labute approximate surface area is 154 Å². The molecule has 2 heterocycles. The maximum atomic E-state index is 12.9. The number of ketones is 1. The number of hydrogen-bond acceptors (Lipinski definition) is 3. The molecule has 0 atom stereocenters. The van der Waals surface area contributed by atoms with Gasteiger partial charge in [-0.25, -0.2) is 0 Å². The van der Waals surface area contributed by atoms with Gasteiger partial charge in [-0.15, -0.1) is 0 Å². The van der Waals surface area contributed by atoms with Crippen molar-refractivity contribution in [1.82, 2.24) is 9.88 Å². The van der Waals surface area contributed by atoms with E-state index in [4.69, 9.17) is 0 Å². The highest BCUT2D eigenvalue weighted by molar-refractivity contribution is 6.43. The molecular weight excluding hydrogens is 359 g/mol. The lowest BCUT2D eigenvalue weighted by Crippen LogP contribution is -2.50. The number of aromatic amines is 1. The maximum Gasteiger partial charge on any atom is 0.416 e. The van der Waals surface area contributed by atoms with E-state index in [-0.39, 0.29) is 13.1 Å². The second-order valence-corrected chi connectivity index (χ2v) is 6.63. The Kier molecular flexibility index (Phi) is 4.99. The second kappa shape index (κ2) is 7.09. The third-order valence-electron chi connectivity index (χ3n) is 4.80. The zero-order valence-corrected chi connectivity index (χ0v) is 15.1. The smallest absolute Gasteiger partial charge is 0.368 e. The van der Waals surface area contributed by atoms with E-state index in [0.717, 1.165) is 12.1 Å². The van der Waals surface area contributed by atoms with Crippen molar-refractivity contribution in [2.24, 2.45) is 0 Å². The molecular formula is C19H20F3N3O2. The summed E-state index contributed by atoms with van der Waals surface area (Å²) in [5.74, 6) is -1.14. The number of amides is 1. The van der Waals surface area contributed by atoms with Crippen molar-refractivity contribution in [2.45, 2.75) is 20.0 Å². The van der Waals surface area contributed by atoms with Crippen LogP contribution in [0.3, 0.4) is 0 Å². The lowest BCUT2D eigenvalue weighted by Gasteiger charge is -2.36. The van der Waals surface area contributed by atoms with Gasteiger partial charge in [0.1, 0.15) is 0 Å². The van der Waals surface area contributed by atoms with Crippen molar-refractivity contribution in [3.05, 3.63) is 52.8 Å². The van der Waals surface area contributed by atoms with E-state index < -0.39 is 23.4 Å². The number of nitrogens with zero attached hydrogens (tertiary/aromatic N) is 2. The Balaban J connectivity index is 1.67. The summed E-state index contributed by atoms with van der Waals surface area (Å²) in [6.07, 6.45) is -2.71.